The largest absolute Gasteiger partial charge is 0.380 e. The molecule has 0 saturated carbocycles. The van der Waals surface area contributed by atoms with E-state index < -0.39 is 15.9 Å². The first-order chi connectivity index (χ1) is 16.8. The molecule has 0 bridgehead atoms. The van der Waals surface area contributed by atoms with Gasteiger partial charge in [-0.3, -0.25) is 19.4 Å². The van der Waals surface area contributed by atoms with Gasteiger partial charge in [0, 0.05) is 38.1 Å². The summed E-state index contributed by atoms with van der Waals surface area (Å²) in [6.07, 6.45) is 3.72. The Morgan fingerprint density at radius 3 is 2.60 bits per heavy atom. The highest BCUT2D eigenvalue weighted by Crippen LogP contribution is 2.26. The maximum Gasteiger partial charge on any atom is 0.276 e. The van der Waals surface area contributed by atoms with E-state index in [2.05, 4.69) is 30.8 Å². The number of para-hydroxylation sites is 1. The summed E-state index contributed by atoms with van der Waals surface area (Å²) in [7, 11) is -3.79. The predicted molar refractivity (Wildman–Crippen MR) is 132 cm³/mol. The summed E-state index contributed by atoms with van der Waals surface area (Å²) in [6.45, 7) is 3.59. The smallest absolute Gasteiger partial charge is 0.276 e. The van der Waals surface area contributed by atoms with Crippen LogP contribution < -0.4 is 20.8 Å². The molecule has 0 spiro atoms. The van der Waals surface area contributed by atoms with Gasteiger partial charge in [-0.05, 0) is 43.2 Å². The minimum absolute atomic E-state index is 0.0337. The highest BCUT2D eigenvalue weighted by atomic mass is 32.2. The number of amides is 2. The lowest BCUT2D eigenvalue weighted by Crippen LogP contribution is -2.28. The van der Waals surface area contributed by atoms with E-state index >= 15 is 0 Å². The molecule has 0 aliphatic rings. The van der Waals surface area contributed by atoms with Crippen LogP contribution in [-0.2, 0) is 26.2 Å². The highest BCUT2D eigenvalue weighted by Gasteiger charge is 2.21. The number of thiazole rings is 1. The minimum Gasteiger partial charge on any atom is -0.380 e. The van der Waals surface area contributed by atoms with Crippen LogP contribution in [0.1, 0.15) is 35.0 Å². The average molecular weight is 519 g/mol. The zero-order valence-electron chi connectivity index (χ0n) is 19.2. The van der Waals surface area contributed by atoms with Gasteiger partial charge in [0.05, 0.1) is 17.9 Å². The Hall–Kier alpha value is -3.39. The van der Waals surface area contributed by atoms with Crippen LogP contribution in [0.4, 0.5) is 10.8 Å². The van der Waals surface area contributed by atoms with Gasteiger partial charge in [-0.2, -0.15) is 0 Å². The number of carbonyl (C=O) groups is 2. The maximum atomic E-state index is 12.5. The molecule has 0 fully saturated rings. The number of nitrogens with zero attached hydrogens (tertiary/aromatic N) is 2. The van der Waals surface area contributed by atoms with Crippen molar-refractivity contribution in [2.24, 2.45) is 0 Å². The average Bonchev–Trinajstić information content (AvgIpc) is 3.20. The number of pyridine rings is 1. The van der Waals surface area contributed by atoms with E-state index in [1.165, 1.54) is 6.92 Å². The summed E-state index contributed by atoms with van der Waals surface area (Å²) >= 11 is 0.878. The van der Waals surface area contributed by atoms with Gasteiger partial charge in [0.2, 0.25) is 5.91 Å². The Balaban J connectivity index is 1.43. The first-order valence-electron chi connectivity index (χ1n) is 10.6. The van der Waals surface area contributed by atoms with E-state index in [0.717, 1.165) is 16.9 Å². The molecule has 0 aliphatic carbocycles. The first-order valence-corrected chi connectivity index (χ1v) is 12.9. The van der Waals surface area contributed by atoms with Crippen LogP contribution in [0.15, 0.2) is 53.0 Å². The number of aromatic nitrogens is 2. The van der Waals surface area contributed by atoms with Crippen LogP contribution in [0.3, 0.4) is 0 Å². The number of hydroxylamine groups is 1. The van der Waals surface area contributed by atoms with Crippen LogP contribution in [-0.4, -0.2) is 43.4 Å². The molecule has 2 aromatic heterocycles. The van der Waals surface area contributed by atoms with Crippen molar-refractivity contribution in [1.29, 1.82) is 0 Å². The van der Waals surface area contributed by atoms with Crippen molar-refractivity contribution in [3.8, 4) is 0 Å². The topological polar surface area (TPSA) is 151 Å². The monoisotopic (exact) mass is 518 g/mol. The van der Waals surface area contributed by atoms with Crippen molar-refractivity contribution in [3.05, 3.63) is 65.6 Å². The minimum atomic E-state index is -3.79. The first kappa shape index (κ1) is 26.2. The van der Waals surface area contributed by atoms with Crippen LogP contribution in [0.2, 0.25) is 0 Å². The van der Waals surface area contributed by atoms with Gasteiger partial charge >= 0.3 is 0 Å². The maximum absolute atomic E-state index is 12.5. The molecule has 13 heteroatoms. The molecule has 0 radical (unpaired) electrons. The van der Waals surface area contributed by atoms with Crippen molar-refractivity contribution in [2.45, 2.75) is 31.0 Å². The van der Waals surface area contributed by atoms with Gasteiger partial charge in [0.15, 0.2) is 9.34 Å². The SMILES string of the molecule is CC(=O)Nc1nc(C)c(S(=O)(=O)NCCCONC(=O)c2ccccc2NCc2ccncc2)s1. The lowest BCUT2D eigenvalue weighted by Gasteiger charge is -2.12. The molecule has 4 N–H and O–H groups in total. The molecule has 0 saturated heterocycles. The highest BCUT2D eigenvalue weighted by molar-refractivity contribution is 7.91. The fourth-order valence-electron chi connectivity index (χ4n) is 2.96. The summed E-state index contributed by atoms with van der Waals surface area (Å²) in [5.74, 6) is -0.754. The van der Waals surface area contributed by atoms with Crippen LogP contribution in [0.25, 0.3) is 0 Å². The molecule has 0 atom stereocenters. The third-order valence-corrected chi connectivity index (χ3v) is 7.71. The molecule has 35 heavy (non-hydrogen) atoms. The Bertz CT molecular complexity index is 1260. The molecule has 3 aromatic rings. The van der Waals surface area contributed by atoms with Crippen molar-refractivity contribution in [3.63, 3.8) is 0 Å². The van der Waals surface area contributed by atoms with Gasteiger partial charge in [0.1, 0.15) is 0 Å². The van der Waals surface area contributed by atoms with Gasteiger partial charge < -0.3 is 10.6 Å². The molecule has 186 valence electrons. The Morgan fingerprint density at radius 1 is 1.11 bits per heavy atom. The second-order valence-electron chi connectivity index (χ2n) is 7.36. The van der Waals surface area contributed by atoms with Crippen LogP contribution in [0, 0.1) is 6.92 Å². The van der Waals surface area contributed by atoms with E-state index in [9.17, 15) is 18.0 Å². The summed E-state index contributed by atoms with van der Waals surface area (Å²) in [5.41, 5.74) is 4.77. The molecule has 2 amide bonds. The van der Waals surface area contributed by atoms with E-state index in [1.807, 2.05) is 18.2 Å². The fraction of sp³-hybridized carbons (Fsp3) is 0.273. The Morgan fingerprint density at radius 2 is 1.86 bits per heavy atom. The van der Waals surface area contributed by atoms with E-state index in [4.69, 9.17) is 4.84 Å². The fourth-order valence-corrected chi connectivity index (χ4v) is 5.53. The summed E-state index contributed by atoms with van der Waals surface area (Å²) in [5, 5.41) is 5.92. The van der Waals surface area contributed by atoms with Crippen LogP contribution in [0.5, 0.6) is 0 Å². The molecular weight excluding hydrogens is 492 g/mol. The number of nitrogens with one attached hydrogen (secondary N) is 4. The van der Waals surface area contributed by atoms with Gasteiger partial charge in [-0.1, -0.05) is 23.5 Å². The number of rotatable bonds is 12. The van der Waals surface area contributed by atoms with E-state index in [1.54, 1.807) is 37.5 Å². The number of carbonyl (C=O) groups excluding carboxylic acids is 2. The third-order valence-electron chi connectivity index (χ3n) is 4.57. The summed E-state index contributed by atoms with van der Waals surface area (Å²) in [6, 6.07) is 10.8. The number of anilines is 2. The molecule has 1 aromatic carbocycles. The second-order valence-corrected chi connectivity index (χ2v) is 10.3. The molecule has 11 nitrogen and oxygen atoms in total. The second kappa shape index (κ2) is 12.4. The summed E-state index contributed by atoms with van der Waals surface area (Å²) < 4.78 is 27.5. The Labute approximate surface area is 207 Å². The molecule has 2 heterocycles. The van der Waals surface area contributed by atoms with Crippen LogP contribution >= 0.6 is 11.3 Å². The van der Waals surface area contributed by atoms with Crippen molar-refractivity contribution in [2.75, 3.05) is 23.8 Å². The molecule has 0 unspecified atom stereocenters. The normalized spacial score (nSPS) is 11.1. The number of hydrogen-bond donors (Lipinski definition) is 4. The number of sulfonamides is 1. The number of benzene rings is 1. The lowest BCUT2D eigenvalue weighted by atomic mass is 10.1. The zero-order chi connectivity index (χ0) is 25.3. The number of aryl methyl sites for hydroxylation is 1. The van der Waals surface area contributed by atoms with Gasteiger partial charge in [0.25, 0.3) is 15.9 Å². The zero-order valence-corrected chi connectivity index (χ0v) is 20.8. The van der Waals surface area contributed by atoms with Gasteiger partial charge in [-0.25, -0.2) is 23.6 Å². The Kier molecular flexibility index (Phi) is 9.25. The third kappa shape index (κ3) is 7.82. The molecule has 0 aliphatic heterocycles. The van der Waals surface area contributed by atoms with Crippen molar-refractivity contribution in [1.82, 2.24) is 20.2 Å². The van der Waals surface area contributed by atoms with Gasteiger partial charge in [-0.15, -0.1) is 0 Å². The number of hydrogen-bond acceptors (Lipinski definition) is 9. The van der Waals surface area contributed by atoms with E-state index in [0.29, 0.717) is 29.9 Å². The lowest BCUT2D eigenvalue weighted by molar-refractivity contribution is -0.114. The van der Waals surface area contributed by atoms with Crippen molar-refractivity contribution < 1.29 is 22.8 Å². The van der Waals surface area contributed by atoms with Crippen molar-refractivity contribution >= 4 is 44.0 Å². The van der Waals surface area contributed by atoms with E-state index in [-0.39, 0.29) is 28.4 Å². The molecule has 3 rings (SSSR count). The quantitative estimate of drug-likeness (QED) is 0.211. The molecular formula is C22H26N6O5S2. The predicted octanol–water partition coefficient (Wildman–Crippen LogP) is 2.45. The standard InChI is InChI=1S/C22H26N6O5S2/c1-15-21(34-22(26-15)27-16(2)29)35(31,32)25-10-5-13-33-28-20(30)18-6-3-4-7-19(18)24-14-17-8-11-23-12-9-17/h3-4,6-9,11-12,24-25H,5,10,13-14H2,1-2H3,(H,28,30)(H,26,27,29). The summed E-state index contributed by atoms with van der Waals surface area (Å²) in [4.78, 5) is 36.9.